The first-order valence-electron chi connectivity index (χ1n) is 4.85. The van der Waals surface area contributed by atoms with Crippen molar-refractivity contribution in [2.75, 3.05) is 13.2 Å². The Labute approximate surface area is 105 Å². The molecule has 0 saturated carbocycles. The molecule has 2 nitrogen and oxygen atoms in total. The largest absolute Gasteiger partial charge is 0.367 e. The van der Waals surface area contributed by atoms with Crippen LogP contribution in [0.2, 0.25) is 5.02 Å². The molecule has 0 spiro atoms. The van der Waals surface area contributed by atoms with Crippen LogP contribution in [0.4, 0.5) is 17.6 Å². The highest BCUT2D eigenvalue weighted by atomic mass is 35.5. The molecule has 0 saturated heterocycles. The summed E-state index contributed by atoms with van der Waals surface area (Å²) in [7, 11) is 0. The van der Waals surface area contributed by atoms with E-state index in [0.717, 1.165) is 0 Å². The maximum Gasteiger partial charge on any atom is 0.330 e. The molecule has 18 heavy (non-hydrogen) atoms. The highest BCUT2D eigenvalue weighted by molar-refractivity contribution is 6.30. The monoisotopic (exact) mass is 284 g/mol. The molecule has 0 radical (unpaired) electrons. The van der Waals surface area contributed by atoms with E-state index in [1.165, 1.54) is 24.3 Å². The summed E-state index contributed by atoms with van der Waals surface area (Å²) in [5.74, 6) is -4.84. The van der Waals surface area contributed by atoms with Gasteiger partial charge in [-0.15, -0.1) is 0 Å². The molecule has 0 aliphatic rings. The van der Waals surface area contributed by atoms with Gasteiger partial charge in [-0.2, -0.15) is 8.78 Å². The van der Waals surface area contributed by atoms with Gasteiger partial charge < -0.3 is 4.74 Å². The molecule has 7 heteroatoms. The van der Waals surface area contributed by atoms with Crippen LogP contribution in [0.5, 0.6) is 0 Å². The number of rotatable bonds is 6. The van der Waals surface area contributed by atoms with Crippen molar-refractivity contribution in [3.63, 3.8) is 0 Å². The number of carbonyl (C=O) groups excluding carboxylic acids is 1. The van der Waals surface area contributed by atoms with E-state index in [1.807, 2.05) is 0 Å². The van der Waals surface area contributed by atoms with E-state index in [9.17, 15) is 22.4 Å². The zero-order chi connectivity index (χ0) is 13.8. The third-order valence-electron chi connectivity index (χ3n) is 2.01. The van der Waals surface area contributed by atoms with Crippen LogP contribution in [0, 0.1) is 0 Å². The minimum Gasteiger partial charge on any atom is -0.367 e. The summed E-state index contributed by atoms with van der Waals surface area (Å²) in [4.78, 5) is 11.4. The van der Waals surface area contributed by atoms with Gasteiger partial charge in [0.15, 0.2) is 5.78 Å². The summed E-state index contributed by atoms with van der Waals surface area (Å²) in [6, 6.07) is 5.67. The number of Topliss-reactive ketones (excluding diaryl/α,β-unsaturated/α-hetero) is 1. The summed E-state index contributed by atoms with van der Waals surface area (Å²) >= 11 is 5.59. The lowest BCUT2D eigenvalue weighted by Gasteiger charge is -2.14. The van der Waals surface area contributed by atoms with Crippen molar-refractivity contribution in [1.82, 2.24) is 0 Å². The molecule has 0 aliphatic heterocycles. The Morgan fingerprint density at radius 3 is 2.33 bits per heavy atom. The first kappa shape index (κ1) is 14.9. The van der Waals surface area contributed by atoms with E-state index in [4.69, 9.17) is 11.6 Å². The third-order valence-corrected chi connectivity index (χ3v) is 2.27. The summed E-state index contributed by atoms with van der Waals surface area (Å²) in [5.41, 5.74) is 0.208. The van der Waals surface area contributed by atoms with Gasteiger partial charge in [0.05, 0.1) is 0 Å². The molecule has 0 aromatic heterocycles. The number of halogens is 5. The van der Waals surface area contributed by atoms with Gasteiger partial charge in [-0.25, -0.2) is 8.78 Å². The minimum absolute atomic E-state index is 0.208. The summed E-state index contributed by atoms with van der Waals surface area (Å²) in [5, 5.41) is 0.414. The maximum absolute atomic E-state index is 12.4. The number of ether oxygens (including phenoxy) is 1. The van der Waals surface area contributed by atoms with Gasteiger partial charge in [0.1, 0.15) is 13.2 Å². The van der Waals surface area contributed by atoms with Crippen LogP contribution in [-0.2, 0) is 4.74 Å². The van der Waals surface area contributed by atoms with Crippen LogP contribution < -0.4 is 0 Å². The highest BCUT2D eigenvalue weighted by Crippen LogP contribution is 2.22. The second kappa shape index (κ2) is 6.15. The fourth-order valence-electron chi connectivity index (χ4n) is 1.06. The van der Waals surface area contributed by atoms with Gasteiger partial charge in [-0.05, 0) is 24.3 Å². The van der Waals surface area contributed by atoms with Gasteiger partial charge >= 0.3 is 12.3 Å². The Morgan fingerprint density at radius 2 is 1.83 bits per heavy atom. The molecule has 0 fully saturated rings. The quantitative estimate of drug-likeness (QED) is 0.591. The van der Waals surface area contributed by atoms with Gasteiger partial charge in [0.25, 0.3) is 0 Å². The number of hydrogen-bond acceptors (Lipinski definition) is 2. The average Bonchev–Trinajstić information content (AvgIpc) is 2.29. The predicted octanol–water partition coefficient (Wildman–Crippen LogP) is 3.44. The van der Waals surface area contributed by atoms with Crippen molar-refractivity contribution in [1.29, 1.82) is 0 Å². The Morgan fingerprint density at radius 1 is 1.28 bits per heavy atom. The van der Waals surface area contributed by atoms with E-state index in [1.54, 1.807) is 0 Å². The normalized spacial score (nSPS) is 11.9. The summed E-state index contributed by atoms with van der Waals surface area (Å²) in [6.07, 6.45) is -3.82. The summed E-state index contributed by atoms with van der Waals surface area (Å²) in [6.45, 7) is -2.19. The second-order valence-corrected chi connectivity index (χ2v) is 3.92. The van der Waals surface area contributed by atoms with Gasteiger partial charge in [0.2, 0.25) is 0 Å². The molecule has 0 atom stereocenters. The van der Waals surface area contributed by atoms with Crippen LogP contribution in [0.15, 0.2) is 24.3 Å². The lowest BCUT2D eigenvalue weighted by Crippen LogP contribution is -2.33. The van der Waals surface area contributed by atoms with Crippen LogP contribution in [0.1, 0.15) is 10.4 Å². The van der Waals surface area contributed by atoms with Crippen LogP contribution in [0.25, 0.3) is 0 Å². The van der Waals surface area contributed by atoms with Crippen molar-refractivity contribution < 1.29 is 27.1 Å². The topological polar surface area (TPSA) is 26.3 Å². The van der Waals surface area contributed by atoms with E-state index >= 15 is 0 Å². The molecule has 1 aromatic carbocycles. The SMILES string of the molecule is O=C(COCC(F)(F)C(F)F)c1ccc(Cl)cc1. The Hall–Kier alpha value is -1.14. The molecule has 1 rings (SSSR count). The van der Waals surface area contributed by atoms with E-state index in [-0.39, 0.29) is 5.56 Å². The van der Waals surface area contributed by atoms with Gasteiger partial charge in [-0.1, -0.05) is 11.6 Å². The zero-order valence-electron chi connectivity index (χ0n) is 9.01. The van der Waals surface area contributed by atoms with Gasteiger partial charge in [0, 0.05) is 10.6 Å². The zero-order valence-corrected chi connectivity index (χ0v) is 9.76. The van der Waals surface area contributed by atoms with Crippen LogP contribution in [0.3, 0.4) is 0 Å². The van der Waals surface area contributed by atoms with Crippen molar-refractivity contribution in [2.45, 2.75) is 12.3 Å². The van der Waals surface area contributed by atoms with Crippen molar-refractivity contribution in [2.24, 2.45) is 0 Å². The molecule has 0 unspecified atom stereocenters. The number of hydrogen-bond donors (Lipinski definition) is 0. The van der Waals surface area contributed by atoms with Crippen molar-refractivity contribution in [3.05, 3.63) is 34.9 Å². The number of ketones is 1. The predicted molar refractivity (Wildman–Crippen MR) is 57.6 cm³/mol. The molecule has 0 aliphatic carbocycles. The second-order valence-electron chi connectivity index (χ2n) is 3.48. The fraction of sp³-hybridized carbons (Fsp3) is 0.364. The standard InChI is InChI=1S/C11H9ClF4O2/c12-8-3-1-7(2-4-8)9(17)5-18-6-11(15,16)10(13)14/h1-4,10H,5-6H2. The lowest BCUT2D eigenvalue weighted by molar-refractivity contribution is -0.163. The molecule has 0 heterocycles. The van der Waals surface area contributed by atoms with Gasteiger partial charge in [-0.3, -0.25) is 4.79 Å². The molecule has 100 valence electrons. The van der Waals surface area contributed by atoms with Crippen molar-refractivity contribution in [3.8, 4) is 0 Å². The van der Waals surface area contributed by atoms with Crippen LogP contribution >= 0.6 is 11.6 Å². The minimum atomic E-state index is -4.25. The number of carbonyl (C=O) groups is 1. The Bertz CT molecular complexity index is 406. The first-order valence-corrected chi connectivity index (χ1v) is 5.23. The fourth-order valence-corrected chi connectivity index (χ4v) is 1.19. The third kappa shape index (κ3) is 4.27. The Balaban J connectivity index is 2.45. The van der Waals surface area contributed by atoms with E-state index < -0.39 is 31.3 Å². The van der Waals surface area contributed by atoms with Crippen LogP contribution in [-0.4, -0.2) is 31.3 Å². The van der Waals surface area contributed by atoms with Crippen molar-refractivity contribution >= 4 is 17.4 Å². The smallest absolute Gasteiger partial charge is 0.330 e. The lowest BCUT2D eigenvalue weighted by atomic mass is 10.1. The van der Waals surface area contributed by atoms with E-state index in [2.05, 4.69) is 4.74 Å². The molecule has 0 N–H and O–H groups in total. The molecule has 0 amide bonds. The molecular formula is C11H9ClF4O2. The molecule has 0 bridgehead atoms. The Kier molecular flexibility index (Phi) is 5.10. The first-order chi connectivity index (χ1) is 8.33. The number of benzene rings is 1. The highest BCUT2D eigenvalue weighted by Gasteiger charge is 2.41. The molecular weight excluding hydrogens is 276 g/mol. The molecule has 1 aromatic rings. The number of alkyl halides is 4. The summed E-state index contributed by atoms with van der Waals surface area (Å²) < 4.78 is 52.7. The maximum atomic E-state index is 12.4. The average molecular weight is 285 g/mol. The van der Waals surface area contributed by atoms with E-state index in [0.29, 0.717) is 5.02 Å².